The van der Waals surface area contributed by atoms with E-state index in [-0.39, 0.29) is 30.8 Å². The van der Waals surface area contributed by atoms with Crippen LogP contribution in [0.4, 0.5) is 5.69 Å². The quantitative estimate of drug-likeness (QED) is 0.674. The van der Waals surface area contributed by atoms with Crippen molar-refractivity contribution in [1.29, 1.82) is 0 Å². The van der Waals surface area contributed by atoms with Crippen LogP contribution in [0.15, 0.2) is 52.6 Å². The number of hydrogen-bond donors (Lipinski definition) is 2. The first kappa shape index (κ1) is 18.1. The molecule has 1 aliphatic rings. The molecule has 0 aliphatic carbocycles. The number of aromatic nitrogens is 2. The van der Waals surface area contributed by atoms with Gasteiger partial charge in [0, 0.05) is 0 Å². The molecule has 2 aromatic heterocycles. The Kier molecular flexibility index (Phi) is 4.98. The number of nitrogens with zero attached hydrogens (tertiary/aromatic N) is 2. The number of rotatable bonds is 5. The van der Waals surface area contributed by atoms with E-state index in [2.05, 4.69) is 10.4 Å². The van der Waals surface area contributed by atoms with Crippen LogP contribution in [0, 0.1) is 0 Å². The summed E-state index contributed by atoms with van der Waals surface area (Å²) in [5, 5.41) is 8.91. The van der Waals surface area contributed by atoms with Crippen molar-refractivity contribution in [2.45, 2.75) is 12.6 Å². The van der Waals surface area contributed by atoms with E-state index in [9.17, 15) is 9.59 Å². The van der Waals surface area contributed by atoms with Gasteiger partial charge in [-0.3, -0.25) is 9.59 Å². The number of carbonyl (C=O) groups is 1. The van der Waals surface area contributed by atoms with Gasteiger partial charge in [0.2, 0.25) is 5.91 Å². The molecule has 1 aliphatic heterocycles. The van der Waals surface area contributed by atoms with E-state index in [1.54, 1.807) is 0 Å². The van der Waals surface area contributed by atoms with E-state index in [0.717, 1.165) is 9.56 Å². The van der Waals surface area contributed by atoms with E-state index >= 15 is 0 Å². The van der Waals surface area contributed by atoms with Crippen molar-refractivity contribution in [2.75, 3.05) is 18.9 Å². The fourth-order valence-electron chi connectivity index (χ4n) is 2.80. The third-order valence-corrected chi connectivity index (χ3v) is 5.06. The Morgan fingerprint density at radius 2 is 2.11 bits per heavy atom. The maximum absolute atomic E-state index is 12.3. The van der Waals surface area contributed by atoms with Crippen molar-refractivity contribution in [1.82, 2.24) is 15.1 Å². The van der Waals surface area contributed by atoms with Gasteiger partial charge in [-0.2, -0.15) is 5.10 Å². The van der Waals surface area contributed by atoms with Crippen LogP contribution >= 0.6 is 11.3 Å². The van der Waals surface area contributed by atoms with Gasteiger partial charge in [-0.15, -0.1) is 11.3 Å². The first-order chi connectivity index (χ1) is 13.6. The second kappa shape index (κ2) is 7.73. The molecule has 144 valence electrons. The highest BCUT2D eigenvalue weighted by atomic mass is 32.1. The van der Waals surface area contributed by atoms with Gasteiger partial charge in [0.15, 0.2) is 11.5 Å². The summed E-state index contributed by atoms with van der Waals surface area (Å²) in [6.45, 7) is 0.352. The Bertz CT molecular complexity index is 1050. The summed E-state index contributed by atoms with van der Waals surface area (Å²) in [7, 11) is 0. The number of nitrogens with one attached hydrogen (secondary N) is 1. The molecule has 0 saturated carbocycles. The van der Waals surface area contributed by atoms with Crippen LogP contribution in [0.5, 0.6) is 11.5 Å². The highest BCUT2D eigenvalue weighted by molar-refractivity contribution is 7.13. The highest BCUT2D eigenvalue weighted by Gasteiger charge is 2.21. The smallest absolute Gasteiger partial charge is 0.290 e. The van der Waals surface area contributed by atoms with Crippen molar-refractivity contribution < 1.29 is 14.3 Å². The number of amides is 1. The fourth-order valence-corrected chi connectivity index (χ4v) is 3.48. The minimum Gasteiger partial charge on any atom is -0.486 e. The van der Waals surface area contributed by atoms with E-state index in [0.29, 0.717) is 23.8 Å². The normalized spacial score (nSPS) is 15.2. The molecule has 0 fully saturated rings. The van der Waals surface area contributed by atoms with E-state index < -0.39 is 5.56 Å². The second-order valence-electron chi connectivity index (χ2n) is 6.23. The zero-order chi connectivity index (χ0) is 19.5. The van der Waals surface area contributed by atoms with Gasteiger partial charge in [-0.25, -0.2) is 4.68 Å². The van der Waals surface area contributed by atoms with Gasteiger partial charge in [0.25, 0.3) is 5.56 Å². The predicted molar refractivity (Wildman–Crippen MR) is 106 cm³/mol. The Morgan fingerprint density at radius 1 is 1.29 bits per heavy atom. The van der Waals surface area contributed by atoms with Crippen molar-refractivity contribution in [3.8, 4) is 22.1 Å². The molecule has 0 bridgehead atoms. The minimum atomic E-state index is -0.498. The summed E-state index contributed by atoms with van der Waals surface area (Å²) >= 11 is 1.48. The van der Waals surface area contributed by atoms with Gasteiger partial charge in [0.1, 0.15) is 30.6 Å². The van der Waals surface area contributed by atoms with Crippen molar-refractivity contribution >= 4 is 22.9 Å². The molecule has 1 atom stereocenters. The van der Waals surface area contributed by atoms with E-state index in [4.69, 9.17) is 15.2 Å². The average Bonchev–Trinajstić information content (AvgIpc) is 3.24. The third kappa shape index (κ3) is 3.84. The molecular weight excluding hydrogens is 380 g/mol. The molecule has 0 spiro atoms. The molecule has 3 aromatic rings. The number of para-hydroxylation sites is 2. The summed E-state index contributed by atoms with van der Waals surface area (Å²) in [5.74, 6) is 0.962. The van der Waals surface area contributed by atoms with E-state index in [1.165, 1.54) is 17.4 Å². The number of benzene rings is 1. The number of nitrogen functional groups attached to an aromatic ring is 1. The lowest BCUT2D eigenvalue weighted by atomic mass is 10.2. The molecule has 1 aromatic carbocycles. The van der Waals surface area contributed by atoms with Crippen molar-refractivity contribution in [3.63, 3.8) is 0 Å². The molecule has 1 unspecified atom stereocenters. The van der Waals surface area contributed by atoms with Crippen LogP contribution in [0.25, 0.3) is 10.6 Å². The lowest BCUT2D eigenvalue weighted by Crippen LogP contribution is -2.42. The van der Waals surface area contributed by atoms with Crippen LogP contribution in [0.2, 0.25) is 0 Å². The van der Waals surface area contributed by atoms with Gasteiger partial charge < -0.3 is 20.5 Å². The molecule has 0 radical (unpaired) electrons. The van der Waals surface area contributed by atoms with Gasteiger partial charge >= 0.3 is 0 Å². The molecule has 9 heteroatoms. The van der Waals surface area contributed by atoms with Crippen LogP contribution in [-0.4, -0.2) is 34.9 Å². The maximum atomic E-state index is 12.3. The monoisotopic (exact) mass is 398 g/mol. The molecule has 28 heavy (non-hydrogen) atoms. The number of hydrogen-bond acceptors (Lipinski definition) is 7. The number of ether oxygens (including phenoxy) is 2. The molecule has 0 saturated heterocycles. The van der Waals surface area contributed by atoms with Crippen LogP contribution in [0.3, 0.4) is 0 Å². The average molecular weight is 398 g/mol. The SMILES string of the molecule is Nc1cc(-c2cccs2)nn(CC(=O)NCC2COc3ccccc3O2)c1=O. The number of thiophene rings is 1. The Labute approximate surface area is 164 Å². The van der Waals surface area contributed by atoms with Crippen molar-refractivity contribution in [2.24, 2.45) is 0 Å². The third-order valence-electron chi connectivity index (χ3n) is 4.16. The molecular formula is C19H18N4O4S. The maximum Gasteiger partial charge on any atom is 0.290 e. The zero-order valence-electron chi connectivity index (χ0n) is 14.8. The topological polar surface area (TPSA) is 108 Å². The standard InChI is InChI=1S/C19H18N4O4S/c20-13-8-14(17-6-3-7-28-17)22-23(19(13)25)10-18(24)21-9-12-11-26-15-4-1-2-5-16(15)27-12/h1-8,12H,9-11,20H2,(H,21,24). The lowest BCUT2D eigenvalue weighted by Gasteiger charge is -2.26. The van der Waals surface area contributed by atoms with Gasteiger partial charge in [0.05, 0.1) is 11.4 Å². The van der Waals surface area contributed by atoms with E-state index in [1.807, 2.05) is 41.8 Å². The second-order valence-corrected chi connectivity index (χ2v) is 7.17. The molecule has 4 rings (SSSR count). The summed E-state index contributed by atoms with van der Waals surface area (Å²) in [6, 6.07) is 12.6. The summed E-state index contributed by atoms with van der Waals surface area (Å²) in [4.78, 5) is 25.4. The first-order valence-electron chi connectivity index (χ1n) is 8.67. The Morgan fingerprint density at radius 3 is 2.89 bits per heavy atom. The minimum absolute atomic E-state index is 0.0480. The van der Waals surface area contributed by atoms with Crippen LogP contribution in [0.1, 0.15) is 0 Å². The summed E-state index contributed by atoms with van der Waals surface area (Å²) in [6.07, 6.45) is -0.314. The largest absolute Gasteiger partial charge is 0.486 e. The first-order valence-corrected chi connectivity index (χ1v) is 9.55. The highest BCUT2D eigenvalue weighted by Crippen LogP contribution is 2.30. The number of fused-ring (bicyclic) bond motifs is 1. The predicted octanol–water partition coefficient (Wildman–Crippen LogP) is 1.51. The summed E-state index contributed by atoms with van der Waals surface area (Å²) < 4.78 is 12.5. The van der Waals surface area contributed by atoms with Crippen molar-refractivity contribution in [3.05, 3.63) is 58.2 Å². The Balaban J connectivity index is 1.40. The summed E-state index contributed by atoms with van der Waals surface area (Å²) in [5.41, 5.74) is 5.91. The number of carbonyl (C=O) groups excluding carboxylic acids is 1. The molecule has 1 amide bonds. The molecule has 3 heterocycles. The number of nitrogens with two attached hydrogens (primary N) is 1. The zero-order valence-corrected chi connectivity index (χ0v) is 15.6. The van der Waals surface area contributed by atoms with Gasteiger partial charge in [-0.1, -0.05) is 18.2 Å². The molecule has 8 nitrogen and oxygen atoms in total. The van der Waals surface area contributed by atoms with Gasteiger partial charge in [-0.05, 0) is 29.6 Å². The Hall–Kier alpha value is -3.33. The number of anilines is 1. The molecule has 3 N–H and O–H groups in total. The lowest BCUT2D eigenvalue weighted by molar-refractivity contribution is -0.122. The van der Waals surface area contributed by atoms with Crippen LogP contribution < -0.4 is 26.1 Å². The fraction of sp³-hybridized carbons (Fsp3) is 0.211. The van der Waals surface area contributed by atoms with Crippen LogP contribution in [-0.2, 0) is 11.3 Å².